The second-order valence-corrected chi connectivity index (χ2v) is 4.30. The summed E-state index contributed by atoms with van der Waals surface area (Å²) in [5.74, 6) is -0.541. The lowest BCUT2D eigenvalue weighted by Gasteiger charge is -2.03. The Hall–Kier alpha value is -1.12. The summed E-state index contributed by atoms with van der Waals surface area (Å²) in [6.45, 7) is 5.52. The Morgan fingerprint density at radius 2 is 1.65 bits per heavy atom. The van der Waals surface area contributed by atoms with Gasteiger partial charge in [-0.1, -0.05) is 31.8 Å². The van der Waals surface area contributed by atoms with Gasteiger partial charge in [-0.15, -0.1) is 6.58 Å². The van der Waals surface area contributed by atoms with Crippen LogP contribution in [0.25, 0.3) is 0 Å². The predicted octanol–water partition coefficient (Wildman–Crippen LogP) is 3.43. The van der Waals surface area contributed by atoms with E-state index in [1.807, 2.05) is 6.08 Å². The highest BCUT2D eigenvalue weighted by Gasteiger charge is 2.05. The third-order valence-corrected chi connectivity index (χ3v) is 2.46. The molecule has 0 bridgehead atoms. The first-order valence-corrected chi connectivity index (χ1v) is 6.42. The summed E-state index contributed by atoms with van der Waals surface area (Å²) >= 11 is 0. The zero-order chi connectivity index (χ0) is 12.9. The molecule has 17 heavy (non-hydrogen) atoms. The number of Topliss-reactive ketones (excluding diaryl/α,β-unsaturated/α-hetero) is 1. The lowest BCUT2D eigenvalue weighted by molar-refractivity contribution is -0.145. The Balaban J connectivity index is 3.15. The van der Waals surface area contributed by atoms with Gasteiger partial charge >= 0.3 is 5.97 Å². The molecule has 0 saturated heterocycles. The normalized spacial score (nSPS) is 9.94. The zero-order valence-electron chi connectivity index (χ0n) is 10.9. The van der Waals surface area contributed by atoms with Crippen LogP contribution >= 0.6 is 0 Å². The van der Waals surface area contributed by atoms with Crippen LogP contribution in [0.15, 0.2) is 12.7 Å². The first-order valence-electron chi connectivity index (χ1n) is 6.42. The minimum atomic E-state index is -0.400. The number of hydrogen-bond acceptors (Lipinski definition) is 3. The van der Waals surface area contributed by atoms with Crippen molar-refractivity contribution in [2.75, 3.05) is 6.61 Å². The Labute approximate surface area is 104 Å². The third-order valence-electron chi connectivity index (χ3n) is 2.46. The van der Waals surface area contributed by atoms with Crippen LogP contribution in [0.1, 0.15) is 58.3 Å². The quantitative estimate of drug-likeness (QED) is 0.240. The van der Waals surface area contributed by atoms with Crippen molar-refractivity contribution < 1.29 is 14.3 Å². The van der Waals surface area contributed by atoms with Gasteiger partial charge in [0.25, 0.3) is 0 Å². The lowest BCUT2D eigenvalue weighted by atomic mass is 10.1. The first-order chi connectivity index (χ1) is 8.16. The molecule has 0 unspecified atom stereocenters. The van der Waals surface area contributed by atoms with E-state index in [0.29, 0.717) is 6.61 Å². The standard InChI is InChI=1S/C14H24O3/c1-3-4-5-6-7-8-9-10-11-17-14(16)12-13(2)15/h3H,1,4-12H2,2H3. The maximum atomic E-state index is 11.0. The molecule has 0 rings (SSSR count). The van der Waals surface area contributed by atoms with Gasteiger partial charge in [0.2, 0.25) is 0 Å². The largest absolute Gasteiger partial charge is 0.465 e. The van der Waals surface area contributed by atoms with Crippen molar-refractivity contribution >= 4 is 11.8 Å². The van der Waals surface area contributed by atoms with E-state index in [2.05, 4.69) is 6.58 Å². The molecule has 0 atom stereocenters. The minimum Gasteiger partial charge on any atom is -0.465 e. The Kier molecular flexibility index (Phi) is 10.6. The van der Waals surface area contributed by atoms with Crippen LogP contribution in [0, 0.1) is 0 Å². The van der Waals surface area contributed by atoms with Crippen LogP contribution in [0.4, 0.5) is 0 Å². The highest BCUT2D eigenvalue weighted by Crippen LogP contribution is 2.07. The Bertz CT molecular complexity index is 234. The summed E-state index contributed by atoms with van der Waals surface area (Å²) in [5.41, 5.74) is 0. The Morgan fingerprint density at radius 3 is 2.24 bits per heavy atom. The third kappa shape index (κ3) is 12.8. The number of carbonyl (C=O) groups excluding carboxylic acids is 2. The van der Waals surface area contributed by atoms with Gasteiger partial charge in [-0.2, -0.15) is 0 Å². The average Bonchev–Trinajstić information content (AvgIpc) is 2.26. The first kappa shape index (κ1) is 15.9. The molecule has 0 amide bonds. The SMILES string of the molecule is C=CCCCCCCCCOC(=O)CC(C)=O. The fourth-order valence-corrected chi connectivity index (χ4v) is 1.54. The van der Waals surface area contributed by atoms with Gasteiger partial charge in [-0.3, -0.25) is 9.59 Å². The van der Waals surface area contributed by atoms with E-state index in [0.717, 1.165) is 19.3 Å². The molecular weight excluding hydrogens is 216 g/mol. The zero-order valence-corrected chi connectivity index (χ0v) is 10.9. The molecule has 3 heteroatoms. The van der Waals surface area contributed by atoms with Gasteiger partial charge < -0.3 is 4.74 Å². The number of hydrogen-bond donors (Lipinski definition) is 0. The van der Waals surface area contributed by atoms with E-state index >= 15 is 0 Å². The van der Waals surface area contributed by atoms with Crippen molar-refractivity contribution in [3.8, 4) is 0 Å². The van der Waals surface area contributed by atoms with Crippen molar-refractivity contribution in [3.05, 3.63) is 12.7 Å². The summed E-state index contributed by atoms with van der Waals surface area (Å²) < 4.78 is 4.92. The summed E-state index contributed by atoms with van der Waals surface area (Å²) in [6.07, 6.45) is 9.81. The highest BCUT2D eigenvalue weighted by atomic mass is 16.5. The smallest absolute Gasteiger partial charge is 0.313 e. The molecule has 0 aliphatic heterocycles. The molecule has 0 N–H and O–H groups in total. The maximum absolute atomic E-state index is 11.0. The fourth-order valence-electron chi connectivity index (χ4n) is 1.54. The maximum Gasteiger partial charge on any atom is 0.313 e. The molecule has 0 aliphatic carbocycles. The summed E-state index contributed by atoms with van der Waals surface area (Å²) in [5, 5.41) is 0. The molecule has 0 aromatic carbocycles. The van der Waals surface area contributed by atoms with Gasteiger partial charge in [0.1, 0.15) is 12.2 Å². The summed E-state index contributed by atoms with van der Waals surface area (Å²) in [7, 11) is 0. The number of allylic oxidation sites excluding steroid dienone is 1. The lowest BCUT2D eigenvalue weighted by Crippen LogP contribution is -2.09. The topological polar surface area (TPSA) is 43.4 Å². The van der Waals surface area contributed by atoms with Crippen LogP contribution in [0.2, 0.25) is 0 Å². The summed E-state index contributed by atoms with van der Waals surface area (Å²) in [4.78, 5) is 21.6. The predicted molar refractivity (Wildman–Crippen MR) is 68.8 cm³/mol. The van der Waals surface area contributed by atoms with Gasteiger partial charge in [0, 0.05) is 0 Å². The fraction of sp³-hybridized carbons (Fsp3) is 0.714. The monoisotopic (exact) mass is 240 g/mol. The number of esters is 1. The number of ether oxygens (including phenoxy) is 1. The second kappa shape index (κ2) is 11.4. The van der Waals surface area contributed by atoms with Crippen LogP contribution in [-0.4, -0.2) is 18.4 Å². The highest BCUT2D eigenvalue weighted by molar-refractivity contribution is 5.94. The molecule has 0 saturated carbocycles. The van der Waals surface area contributed by atoms with Gasteiger partial charge in [0.15, 0.2) is 0 Å². The number of carbonyl (C=O) groups is 2. The van der Waals surface area contributed by atoms with Crippen molar-refractivity contribution in [2.24, 2.45) is 0 Å². The van der Waals surface area contributed by atoms with E-state index in [4.69, 9.17) is 4.74 Å². The van der Waals surface area contributed by atoms with E-state index in [1.165, 1.54) is 32.6 Å². The van der Waals surface area contributed by atoms with Crippen LogP contribution in [0.5, 0.6) is 0 Å². The van der Waals surface area contributed by atoms with E-state index in [9.17, 15) is 9.59 Å². The molecule has 0 aromatic rings. The van der Waals surface area contributed by atoms with Crippen molar-refractivity contribution in [3.63, 3.8) is 0 Å². The minimum absolute atomic E-state index is 0.0957. The molecule has 0 spiro atoms. The summed E-state index contributed by atoms with van der Waals surface area (Å²) in [6, 6.07) is 0. The van der Waals surface area contributed by atoms with Crippen LogP contribution in [0.3, 0.4) is 0 Å². The van der Waals surface area contributed by atoms with Crippen LogP contribution < -0.4 is 0 Å². The Morgan fingerprint density at radius 1 is 1.06 bits per heavy atom. The van der Waals surface area contributed by atoms with Crippen molar-refractivity contribution in [2.45, 2.75) is 58.3 Å². The molecule has 0 aliphatic rings. The van der Waals surface area contributed by atoms with Crippen LogP contribution in [-0.2, 0) is 14.3 Å². The molecule has 0 aromatic heterocycles. The number of unbranched alkanes of at least 4 members (excludes halogenated alkanes) is 6. The van der Waals surface area contributed by atoms with E-state index in [1.54, 1.807) is 0 Å². The van der Waals surface area contributed by atoms with E-state index in [-0.39, 0.29) is 12.2 Å². The molecule has 98 valence electrons. The van der Waals surface area contributed by atoms with Gasteiger partial charge in [0.05, 0.1) is 6.61 Å². The van der Waals surface area contributed by atoms with Crippen molar-refractivity contribution in [1.29, 1.82) is 0 Å². The van der Waals surface area contributed by atoms with Gasteiger partial charge in [-0.05, 0) is 26.2 Å². The molecule has 0 radical (unpaired) electrons. The van der Waals surface area contributed by atoms with Crippen molar-refractivity contribution in [1.82, 2.24) is 0 Å². The second-order valence-electron chi connectivity index (χ2n) is 4.30. The van der Waals surface area contributed by atoms with Gasteiger partial charge in [-0.25, -0.2) is 0 Å². The molecular formula is C14H24O3. The molecule has 0 fully saturated rings. The molecule has 0 heterocycles. The number of ketones is 1. The van der Waals surface area contributed by atoms with E-state index < -0.39 is 5.97 Å². The average molecular weight is 240 g/mol. The molecule has 3 nitrogen and oxygen atoms in total. The number of rotatable bonds is 11.